The van der Waals surface area contributed by atoms with Gasteiger partial charge in [-0.1, -0.05) is 35.1 Å². The fourth-order valence-corrected chi connectivity index (χ4v) is 5.22. The summed E-state index contributed by atoms with van der Waals surface area (Å²) in [7, 11) is 0. The summed E-state index contributed by atoms with van der Waals surface area (Å²) < 4.78 is 12.6. The van der Waals surface area contributed by atoms with Crippen LogP contribution in [0.15, 0.2) is 45.9 Å². The van der Waals surface area contributed by atoms with Crippen LogP contribution in [-0.2, 0) is 11.3 Å². The first kappa shape index (κ1) is 22.8. The zero-order valence-corrected chi connectivity index (χ0v) is 20.4. The smallest absolute Gasteiger partial charge is 0.180 e. The quantitative estimate of drug-likeness (QED) is 0.223. The van der Waals surface area contributed by atoms with Crippen molar-refractivity contribution in [2.45, 2.75) is 32.3 Å². The molecular weight excluding hydrogens is 450 g/mol. The summed E-state index contributed by atoms with van der Waals surface area (Å²) in [5.74, 6) is 2.54. The van der Waals surface area contributed by atoms with Gasteiger partial charge in [-0.25, -0.2) is 9.97 Å². The van der Waals surface area contributed by atoms with Crippen LogP contribution in [0.1, 0.15) is 33.3 Å². The van der Waals surface area contributed by atoms with Gasteiger partial charge in [-0.15, -0.1) is 0 Å². The molecule has 4 heterocycles. The number of benzene rings is 1. The van der Waals surface area contributed by atoms with Gasteiger partial charge in [0.2, 0.25) is 0 Å². The van der Waals surface area contributed by atoms with Crippen molar-refractivity contribution in [2.24, 2.45) is 0 Å². The summed E-state index contributed by atoms with van der Waals surface area (Å²) in [6.45, 7) is 9.65. The molecule has 3 aromatic heterocycles. The predicted octanol–water partition coefficient (Wildman–Crippen LogP) is 4.14. The number of fused-ring (bicyclic) bond motifs is 1. The van der Waals surface area contributed by atoms with E-state index in [4.69, 9.17) is 19.2 Å². The molecule has 0 N–H and O–H groups in total. The number of ether oxygens (including phenoxy) is 1. The number of aromatic nitrogens is 4. The van der Waals surface area contributed by atoms with Crippen molar-refractivity contribution in [1.82, 2.24) is 24.6 Å². The lowest BCUT2D eigenvalue weighted by molar-refractivity contribution is 0.0330. The van der Waals surface area contributed by atoms with Crippen LogP contribution in [0.25, 0.3) is 16.7 Å². The summed E-state index contributed by atoms with van der Waals surface area (Å²) in [6.07, 6.45) is 0. The first-order chi connectivity index (χ1) is 16.5. The maximum atomic E-state index is 13.2. The van der Waals surface area contributed by atoms with E-state index in [1.165, 1.54) is 11.8 Å². The van der Waals surface area contributed by atoms with Crippen LogP contribution in [0.2, 0.25) is 0 Å². The van der Waals surface area contributed by atoms with E-state index in [-0.39, 0.29) is 5.78 Å². The molecule has 4 aromatic rings. The SMILES string of the molecule is Cc1cc(-n2c(C)cc(C(=O)CSc3nc(CN4CCOCC4)nc4ccccc34)c2C)no1. The van der Waals surface area contributed by atoms with Crippen LogP contribution in [-0.4, -0.2) is 62.4 Å². The molecule has 9 heteroatoms. The lowest BCUT2D eigenvalue weighted by atomic mass is 10.2. The third-order valence-corrected chi connectivity index (χ3v) is 6.99. The molecule has 1 aromatic carbocycles. The van der Waals surface area contributed by atoms with Gasteiger partial charge < -0.3 is 9.26 Å². The van der Waals surface area contributed by atoms with Crippen LogP contribution < -0.4 is 0 Å². The molecule has 0 saturated carbocycles. The minimum Gasteiger partial charge on any atom is -0.379 e. The number of Topliss-reactive ketones (excluding diaryl/α,β-unsaturated/α-hetero) is 1. The van der Waals surface area contributed by atoms with Crippen molar-refractivity contribution >= 4 is 28.4 Å². The van der Waals surface area contributed by atoms with Gasteiger partial charge in [0.1, 0.15) is 16.6 Å². The molecule has 0 bridgehead atoms. The minimum absolute atomic E-state index is 0.0574. The maximum Gasteiger partial charge on any atom is 0.180 e. The van der Waals surface area contributed by atoms with E-state index in [9.17, 15) is 4.79 Å². The number of carbonyl (C=O) groups excluding carboxylic acids is 1. The zero-order chi connectivity index (χ0) is 23.7. The second kappa shape index (κ2) is 9.69. The zero-order valence-electron chi connectivity index (χ0n) is 19.6. The fraction of sp³-hybridized carbons (Fsp3) is 0.360. The molecule has 0 spiro atoms. The molecule has 0 radical (unpaired) electrons. The number of morpholine rings is 1. The van der Waals surface area contributed by atoms with Crippen LogP contribution in [0.4, 0.5) is 0 Å². The Morgan fingerprint density at radius 3 is 2.65 bits per heavy atom. The van der Waals surface area contributed by atoms with Gasteiger partial charge in [-0.05, 0) is 32.9 Å². The Hall–Kier alpha value is -3.01. The molecule has 0 amide bonds. The Morgan fingerprint density at radius 1 is 1.09 bits per heavy atom. The number of para-hydroxylation sites is 1. The average Bonchev–Trinajstić information content (AvgIpc) is 3.39. The van der Waals surface area contributed by atoms with Crippen LogP contribution in [0.5, 0.6) is 0 Å². The second-order valence-electron chi connectivity index (χ2n) is 8.48. The van der Waals surface area contributed by atoms with E-state index in [0.29, 0.717) is 23.7 Å². The molecule has 1 saturated heterocycles. The number of rotatable bonds is 7. The lowest BCUT2D eigenvalue weighted by Gasteiger charge is -2.25. The number of aryl methyl sites for hydroxylation is 2. The van der Waals surface area contributed by atoms with Crippen molar-refractivity contribution in [3.8, 4) is 5.82 Å². The monoisotopic (exact) mass is 477 g/mol. The molecule has 0 atom stereocenters. The van der Waals surface area contributed by atoms with Crippen molar-refractivity contribution in [3.05, 3.63) is 64.9 Å². The first-order valence-electron chi connectivity index (χ1n) is 11.3. The third-order valence-electron chi connectivity index (χ3n) is 6.00. The molecular formula is C25H27N5O3S. The number of ketones is 1. The summed E-state index contributed by atoms with van der Waals surface area (Å²) in [4.78, 5) is 25.1. The highest BCUT2D eigenvalue weighted by molar-refractivity contribution is 8.00. The van der Waals surface area contributed by atoms with Crippen LogP contribution in [0, 0.1) is 20.8 Å². The van der Waals surface area contributed by atoms with Crippen LogP contribution >= 0.6 is 11.8 Å². The standard InChI is InChI=1S/C25H27N5O3S/c1-16-12-20(18(3)30(16)24-13-17(2)33-28-24)22(31)15-34-25-19-6-4-5-7-21(19)26-23(27-25)14-29-8-10-32-11-9-29/h4-7,12-13H,8-11,14-15H2,1-3H3. The first-order valence-corrected chi connectivity index (χ1v) is 12.3. The Kier molecular flexibility index (Phi) is 6.49. The Bertz CT molecular complexity index is 1340. The highest BCUT2D eigenvalue weighted by Crippen LogP contribution is 2.28. The summed E-state index contributed by atoms with van der Waals surface area (Å²) in [6, 6.07) is 11.8. The van der Waals surface area contributed by atoms with E-state index in [0.717, 1.165) is 65.2 Å². The predicted molar refractivity (Wildman–Crippen MR) is 131 cm³/mol. The van der Waals surface area contributed by atoms with Crippen molar-refractivity contribution < 1.29 is 14.1 Å². The molecule has 5 rings (SSSR count). The van der Waals surface area contributed by atoms with Crippen molar-refractivity contribution in [3.63, 3.8) is 0 Å². The molecule has 1 fully saturated rings. The molecule has 1 aliphatic heterocycles. The van der Waals surface area contributed by atoms with Gasteiger partial charge in [-0.3, -0.25) is 14.3 Å². The number of hydrogen-bond donors (Lipinski definition) is 0. The van der Waals surface area contributed by atoms with Gasteiger partial charge in [-0.2, -0.15) is 0 Å². The fourth-order valence-electron chi connectivity index (χ4n) is 4.30. The van der Waals surface area contributed by atoms with Crippen molar-refractivity contribution in [2.75, 3.05) is 32.1 Å². The van der Waals surface area contributed by atoms with E-state index in [2.05, 4.69) is 10.1 Å². The third kappa shape index (κ3) is 4.64. The molecule has 1 aliphatic rings. The van der Waals surface area contributed by atoms with E-state index < -0.39 is 0 Å². The highest BCUT2D eigenvalue weighted by atomic mass is 32.2. The summed E-state index contributed by atoms with van der Waals surface area (Å²) >= 11 is 1.47. The number of thioether (sulfide) groups is 1. The topological polar surface area (TPSA) is 86.3 Å². The Morgan fingerprint density at radius 2 is 1.88 bits per heavy atom. The van der Waals surface area contributed by atoms with Gasteiger partial charge in [0.25, 0.3) is 0 Å². The molecule has 8 nitrogen and oxygen atoms in total. The van der Waals surface area contributed by atoms with Gasteiger partial charge >= 0.3 is 0 Å². The number of nitrogens with zero attached hydrogens (tertiary/aromatic N) is 5. The van der Waals surface area contributed by atoms with E-state index in [1.807, 2.05) is 61.7 Å². The normalized spacial score (nSPS) is 14.7. The average molecular weight is 478 g/mol. The molecule has 0 unspecified atom stereocenters. The minimum atomic E-state index is 0.0574. The lowest BCUT2D eigenvalue weighted by Crippen LogP contribution is -2.36. The summed E-state index contributed by atoms with van der Waals surface area (Å²) in [5.41, 5.74) is 3.39. The number of hydrogen-bond acceptors (Lipinski definition) is 8. The van der Waals surface area contributed by atoms with E-state index >= 15 is 0 Å². The van der Waals surface area contributed by atoms with Gasteiger partial charge in [0.05, 0.1) is 31.0 Å². The molecule has 176 valence electrons. The van der Waals surface area contributed by atoms with Crippen LogP contribution in [0.3, 0.4) is 0 Å². The number of carbonyl (C=O) groups is 1. The molecule has 34 heavy (non-hydrogen) atoms. The maximum absolute atomic E-state index is 13.2. The summed E-state index contributed by atoms with van der Waals surface area (Å²) in [5, 5.41) is 5.91. The Balaban J connectivity index is 1.38. The second-order valence-corrected chi connectivity index (χ2v) is 9.44. The Labute approximate surface area is 202 Å². The molecule has 0 aliphatic carbocycles. The van der Waals surface area contributed by atoms with Crippen molar-refractivity contribution in [1.29, 1.82) is 0 Å². The van der Waals surface area contributed by atoms with Gasteiger partial charge in [0.15, 0.2) is 11.6 Å². The van der Waals surface area contributed by atoms with E-state index in [1.54, 1.807) is 0 Å². The highest BCUT2D eigenvalue weighted by Gasteiger charge is 2.20. The van der Waals surface area contributed by atoms with Gasteiger partial charge in [0, 0.05) is 41.5 Å². The largest absolute Gasteiger partial charge is 0.379 e.